The molecule has 1 aromatic heterocycles. The molecule has 0 saturated heterocycles. The van der Waals surface area contributed by atoms with Crippen LogP contribution in [0.2, 0.25) is 0 Å². The minimum Gasteiger partial charge on any atom is -0.361 e. The molecule has 26 heavy (non-hydrogen) atoms. The zero-order valence-electron chi connectivity index (χ0n) is 14.6. The Bertz CT molecular complexity index is 1000. The predicted molar refractivity (Wildman–Crippen MR) is 106 cm³/mol. The molecule has 0 bridgehead atoms. The van der Waals surface area contributed by atoms with Crippen molar-refractivity contribution in [1.82, 2.24) is 4.98 Å². The summed E-state index contributed by atoms with van der Waals surface area (Å²) in [5.74, 6) is 0.0147. The fraction of sp³-hybridized carbons (Fsp3) is 0.125. The van der Waals surface area contributed by atoms with E-state index in [1.165, 1.54) is 5.56 Å². The first-order chi connectivity index (χ1) is 12.8. The van der Waals surface area contributed by atoms with E-state index in [-0.39, 0.29) is 11.7 Å². The lowest BCUT2D eigenvalue weighted by molar-refractivity contribution is -0.119. The third-order valence-electron chi connectivity index (χ3n) is 4.89. The van der Waals surface area contributed by atoms with Crippen molar-refractivity contribution in [3.63, 3.8) is 0 Å². The molecule has 3 aromatic carbocycles. The van der Waals surface area contributed by atoms with Crippen molar-refractivity contribution in [3.05, 3.63) is 108 Å². The molecular formula is C24H21NO. The topological polar surface area (TPSA) is 32.9 Å². The van der Waals surface area contributed by atoms with Crippen LogP contribution in [0, 0.1) is 0 Å². The number of carbonyl (C=O) groups is 1. The summed E-state index contributed by atoms with van der Waals surface area (Å²) in [5, 5.41) is 1.12. The second-order valence-corrected chi connectivity index (χ2v) is 6.59. The number of aromatic amines is 1. The zero-order chi connectivity index (χ0) is 17.8. The van der Waals surface area contributed by atoms with Crippen LogP contribution in [0.5, 0.6) is 0 Å². The van der Waals surface area contributed by atoms with Gasteiger partial charge in [0, 0.05) is 23.5 Å². The summed E-state index contributed by atoms with van der Waals surface area (Å²) in [7, 11) is 0. The number of benzene rings is 3. The minimum absolute atomic E-state index is 0.240. The first-order valence-corrected chi connectivity index (χ1v) is 9.00. The van der Waals surface area contributed by atoms with E-state index < -0.39 is 0 Å². The van der Waals surface area contributed by atoms with Gasteiger partial charge in [-0.3, -0.25) is 4.79 Å². The van der Waals surface area contributed by atoms with Crippen molar-refractivity contribution in [2.75, 3.05) is 0 Å². The maximum Gasteiger partial charge on any atom is 0.145 e. The number of para-hydroxylation sites is 1. The van der Waals surface area contributed by atoms with Gasteiger partial charge >= 0.3 is 0 Å². The molecule has 0 aliphatic heterocycles. The molecule has 1 atom stereocenters. The highest BCUT2D eigenvalue weighted by atomic mass is 16.1. The van der Waals surface area contributed by atoms with E-state index in [0.29, 0.717) is 6.42 Å². The number of carbonyl (C=O) groups excluding carboxylic acids is 1. The van der Waals surface area contributed by atoms with E-state index in [9.17, 15) is 4.79 Å². The van der Waals surface area contributed by atoms with E-state index in [2.05, 4.69) is 29.2 Å². The number of fused-ring (bicyclic) bond motifs is 1. The summed E-state index contributed by atoms with van der Waals surface area (Å²) in [5.41, 5.74) is 4.38. The minimum atomic E-state index is -0.240. The van der Waals surface area contributed by atoms with Crippen LogP contribution < -0.4 is 0 Å². The molecule has 4 rings (SSSR count). The predicted octanol–water partition coefficient (Wildman–Crippen LogP) is 5.50. The highest BCUT2D eigenvalue weighted by Gasteiger charge is 2.24. The Morgan fingerprint density at radius 1 is 0.808 bits per heavy atom. The number of nitrogens with one attached hydrogen (secondary N) is 1. The van der Waals surface area contributed by atoms with Crippen LogP contribution >= 0.6 is 0 Å². The van der Waals surface area contributed by atoms with Crippen LogP contribution in [0.4, 0.5) is 0 Å². The first-order valence-electron chi connectivity index (χ1n) is 9.00. The number of hydrogen-bond donors (Lipinski definition) is 1. The number of aromatic nitrogens is 1. The van der Waals surface area contributed by atoms with Gasteiger partial charge in [-0.05, 0) is 29.2 Å². The van der Waals surface area contributed by atoms with Gasteiger partial charge in [0.2, 0.25) is 0 Å². The summed E-state index contributed by atoms with van der Waals surface area (Å²) in [6.07, 6.45) is 3.29. The van der Waals surface area contributed by atoms with E-state index in [1.54, 1.807) is 0 Å². The quantitative estimate of drug-likeness (QED) is 0.494. The first kappa shape index (κ1) is 16.3. The van der Waals surface area contributed by atoms with Crippen molar-refractivity contribution >= 4 is 16.7 Å². The Hall–Kier alpha value is -3.13. The number of aryl methyl sites for hydroxylation is 1. The van der Waals surface area contributed by atoms with Gasteiger partial charge in [-0.1, -0.05) is 78.9 Å². The molecule has 0 amide bonds. The van der Waals surface area contributed by atoms with Crippen LogP contribution in [0.15, 0.2) is 91.1 Å². The van der Waals surface area contributed by atoms with Crippen LogP contribution in [0.3, 0.4) is 0 Å². The largest absolute Gasteiger partial charge is 0.361 e. The molecule has 0 fully saturated rings. The summed E-state index contributed by atoms with van der Waals surface area (Å²) in [6.45, 7) is 0. The second-order valence-electron chi connectivity index (χ2n) is 6.59. The van der Waals surface area contributed by atoms with Crippen molar-refractivity contribution in [1.29, 1.82) is 0 Å². The van der Waals surface area contributed by atoms with Gasteiger partial charge in [0.1, 0.15) is 5.78 Å². The number of H-pyrrole nitrogens is 1. The summed E-state index contributed by atoms with van der Waals surface area (Å²) in [6, 6.07) is 28.5. The zero-order valence-corrected chi connectivity index (χ0v) is 14.6. The normalized spacial score (nSPS) is 12.2. The van der Waals surface area contributed by atoms with E-state index in [4.69, 9.17) is 0 Å². The van der Waals surface area contributed by atoms with E-state index in [1.807, 2.05) is 66.9 Å². The molecule has 1 N–H and O–H groups in total. The molecule has 4 aromatic rings. The molecule has 0 radical (unpaired) electrons. The number of rotatable bonds is 6. The SMILES string of the molecule is O=C(CCc1ccccc1)C(c1ccccc1)c1c[nH]c2ccccc12. The molecule has 0 spiro atoms. The molecule has 1 unspecified atom stereocenters. The van der Waals surface area contributed by atoms with Crippen LogP contribution in [0.25, 0.3) is 10.9 Å². The monoisotopic (exact) mass is 339 g/mol. The molecule has 128 valence electrons. The number of ketones is 1. The van der Waals surface area contributed by atoms with Crippen molar-refractivity contribution in [2.24, 2.45) is 0 Å². The maximum atomic E-state index is 13.2. The molecule has 2 nitrogen and oxygen atoms in total. The van der Waals surface area contributed by atoms with Gasteiger partial charge in [-0.25, -0.2) is 0 Å². The summed E-state index contributed by atoms with van der Waals surface area (Å²) < 4.78 is 0. The Morgan fingerprint density at radius 3 is 2.23 bits per heavy atom. The van der Waals surface area contributed by atoms with E-state index >= 15 is 0 Å². The molecule has 0 aliphatic rings. The Kier molecular flexibility index (Phi) is 4.65. The Balaban J connectivity index is 1.68. The Labute approximate surface area is 153 Å². The second kappa shape index (κ2) is 7.40. The molecule has 0 saturated carbocycles. The van der Waals surface area contributed by atoms with Gasteiger partial charge in [0.15, 0.2) is 0 Å². The fourth-order valence-electron chi connectivity index (χ4n) is 3.57. The standard InChI is InChI=1S/C24H21NO/c26-23(16-15-18-9-3-1-4-10-18)24(19-11-5-2-6-12-19)21-17-25-22-14-8-7-13-20(21)22/h1-14,17,24-25H,15-16H2. The molecule has 0 aliphatic carbocycles. The van der Waals surface area contributed by atoms with Crippen LogP contribution in [-0.2, 0) is 11.2 Å². The lowest BCUT2D eigenvalue weighted by Gasteiger charge is -2.16. The third-order valence-corrected chi connectivity index (χ3v) is 4.89. The Morgan fingerprint density at radius 2 is 1.46 bits per heavy atom. The highest BCUT2D eigenvalue weighted by Crippen LogP contribution is 2.32. The third kappa shape index (κ3) is 3.31. The lowest BCUT2D eigenvalue weighted by atomic mass is 9.85. The number of hydrogen-bond acceptors (Lipinski definition) is 1. The molecule has 2 heteroatoms. The summed E-state index contributed by atoms with van der Waals surface area (Å²) in [4.78, 5) is 16.6. The lowest BCUT2D eigenvalue weighted by Crippen LogP contribution is -2.14. The average molecular weight is 339 g/mol. The smallest absolute Gasteiger partial charge is 0.145 e. The van der Waals surface area contributed by atoms with Crippen molar-refractivity contribution in [3.8, 4) is 0 Å². The van der Waals surface area contributed by atoms with Crippen molar-refractivity contribution < 1.29 is 4.79 Å². The van der Waals surface area contributed by atoms with Gasteiger partial charge < -0.3 is 4.98 Å². The summed E-state index contributed by atoms with van der Waals surface area (Å²) >= 11 is 0. The van der Waals surface area contributed by atoms with Crippen LogP contribution in [0.1, 0.15) is 29.0 Å². The van der Waals surface area contributed by atoms with Gasteiger partial charge in [0.25, 0.3) is 0 Å². The van der Waals surface area contributed by atoms with E-state index in [0.717, 1.165) is 28.5 Å². The fourth-order valence-corrected chi connectivity index (χ4v) is 3.57. The maximum absolute atomic E-state index is 13.2. The average Bonchev–Trinajstić information content (AvgIpc) is 3.12. The molecule has 1 heterocycles. The van der Waals surface area contributed by atoms with Gasteiger partial charge in [-0.2, -0.15) is 0 Å². The van der Waals surface area contributed by atoms with Gasteiger partial charge in [-0.15, -0.1) is 0 Å². The van der Waals surface area contributed by atoms with Crippen molar-refractivity contribution in [2.45, 2.75) is 18.8 Å². The molecular weight excluding hydrogens is 318 g/mol. The van der Waals surface area contributed by atoms with Crippen LogP contribution in [-0.4, -0.2) is 10.8 Å². The highest BCUT2D eigenvalue weighted by molar-refractivity contribution is 5.95. The number of Topliss-reactive ketones (excluding diaryl/α,β-unsaturated/α-hetero) is 1. The van der Waals surface area contributed by atoms with Gasteiger partial charge in [0.05, 0.1) is 5.92 Å².